The zero-order valence-corrected chi connectivity index (χ0v) is 11.2. The summed E-state index contributed by atoms with van der Waals surface area (Å²) in [5.41, 5.74) is 0. The molecule has 20 heavy (non-hydrogen) atoms. The fourth-order valence-corrected chi connectivity index (χ4v) is 3.09. The molecular weight excluding hydrogens is 264 g/mol. The molecule has 0 spiro atoms. The molecule has 2 fully saturated rings. The summed E-state index contributed by atoms with van der Waals surface area (Å²) in [6.07, 6.45) is 1.97. The molecule has 9 heteroatoms. The van der Waals surface area contributed by atoms with Crippen molar-refractivity contribution in [3.8, 4) is 0 Å². The lowest BCUT2D eigenvalue weighted by atomic mass is 10.0. The molecule has 3 aliphatic heterocycles. The van der Waals surface area contributed by atoms with Gasteiger partial charge in [-0.1, -0.05) is 6.92 Å². The Balaban J connectivity index is 1.72. The molecule has 0 aromatic rings. The van der Waals surface area contributed by atoms with Crippen molar-refractivity contribution in [1.29, 1.82) is 0 Å². The van der Waals surface area contributed by atoms with Crippen molar-refractivity contribution in [3.63, 3.8) is 0 Å². The highest BCUT2D eigenvalue weighted by Crippen LogP contribution is 2.32. The van der Waals surface area contributed by atoms with Crippen molar-refractivity contribution in [2.45, 2.75) is 37.9 Å². The van der Waals surface area contributed by atoms with E-state index in [1.165, 1.54) is 6.34 Å². The van der Waals surface area contributed by atoms with E-state index in [1.807, 2.05) is 0 Å². The number of nitrogens with one attached hydrogen (secondary N) is 1. The Morgan fingerprint density at radius 2 is 2.55 bits per heavy atom. The van der Waals surface area contributed by atoms with Crippen LogP contribution in [0.1, 0.15) is 13.3 Å². The van der Waals surface area contributed by atoms with Gasteiger partial charge < -0.3 is 9.57 Å². The highest BCUT2D eigenvalue weighted by atomic mass is 16.6. The molecule has 0 saturated carbocycles. The maximum Gasteiger partial charge on any atom is 0.195 e. The lowest BCUT2D eigenvalue weighted by molar-refractivity contribution is -0.0917. The summed E-state index contributed by atoms with van der Waals surface area (Å²) in [6, 6.07) is -0.266. The number of rotatable bonds is 3. The van der Waals surface area contributed by atoms with Crippen LogP contribution in [0.4, 0.5) is 0 Å². The third-order valence-corrected chi connectivity index (χ3v) is 3.98. The average molecular weight is 282 g/mol. The standard InChI is InChI=1S/C11H18N6O3/c1-6-2-7(3-19-12)20-11(6)17-5-15-8-9(16-18)13-4-14-10(8)17/h4,6-8,10-11,15H,2-3,5,12H2,1H3/t6-,7-,8?,10?,11?/m0/s1. The number of aliphatic imine (C=N–C) groups is 2. The predicted molar refractivity (Wildman–Crippen MR) is 71.7 cm³/mol. The predicted octanol–water partition coefficient (Wildman–Crippen LogP) is -0.608. The van der Waals surface area contributed by atoms with Crippen molar-refractivity contribution in [2.24, 2.45) is 27.0 Å². The molecule has 3 heterocycles. The molecule has 3 aliphatic rings. The number of hydrogen-bond acceptors (Lipinski definition) is 9. The van der Waals surface area contributed by atoms with Crippen LogP contribution >= 0.6 is 0 Å². The van der Waals surface area contributed by atoms with E-state index in [1.54, 1.807) is 0 Å². The molecule has 0 bridgehead atoms. The molecule has 3 rings (SSSR count). The summed E-state index contributed by atoms with van der Waals surface area (Å²) in [5.74, 6) is 5.67. The SMILES string of the molecule is C[C@H]1C[C@@H](CON)OC1N1CNC2C(N=O)=NC=NC21. The smallest absolute Gasteiger partial charge is 0.195 e. The van der Waals surface area contributed by atoms with Gasteiger partial charge in [0.15, 0.2) is 5.84 Å². The summed E-state index contributed by atoms with van der Waals surface area (Å²) in [6.45, 7) is 3.07. The normalized spacial score (nSPS) is 40.7. The van der Waals surface area contributed by atoms with E-state index < -0.39 is 0 Å². The molecule has 3 N–H and O–H groups in total. The first-order valence-electron chi connectivity index (χ1n) is 6.63. The van der Waals surface area contributed by atoms with Gasteiger partial charge in [0, 0.05) is 0 Å². The van der Waals surface area contributed by atoms with Crippen LogP contribution in [-0.2, 0) is 9.57 Å². The molecule has 0 amide bonds. The van der Waals surface area contributed by atoms with Crippen molar-refractivity contribution < 1.29 is 9.57 Å². The highest BCUT2D eigenvalue weighted by molar-refractivity contribution is 5.95. The maximum absolute atomic E-state index is 10.8. The van der Waals surface area contributed by atoms with Gasteiger partial charge >= 0.3 is 0 Å². The molecule has 9 nitrogen and oxygen atoms in total. The third kappa shape index (κ3) is 2.27. The fraction of sp³-hybridized carbons (Fsp3) is 0.818. The molecule has 3 unspecified atom stereocenters. The Morgan fingerprint density at radius 1 is 1.70 bits per heavy atom. The minimum absolute atomic E-state index is 0.0102. The first-order chi connectivity index (χ1) is 9.74. The summed E-state index contributed by atoms with van der Waals surface area (Å²) >= 11 is 0. The summed E-state index contributed by atoms with van der Waals surface area (Å²) in [4.78, 5) is 25.7. The number of hydrogen-bond donors (Lipinski definition) is 2. The van der Waals surface area contributed by atoms with Crippen molar-refractivity contribution in [3.05, 3.63) is 4.91 Å². The van der Waals surface area contributed by atoms with Gasteiger partial charge in [-0.15, -0.1) is 4.91 Å². The van der Waals surface area contributed by atoms with Crippen LogP contribution in [0, 0.1) is 10.8 Å². The van der Waals surface area contributed by atoms with Crippen LogP contribution in [-0.4, -0.2) is 54.9 Å². The lowest BCUT2D eigenvalue weighted by Crippen LogP contribution is -2.46. The molecule has 0 radical (unpaired) electrons. The summed E-state index contributed by atoms with van der Waals surface area (Å²) in [7, 11) is 0. The van der Waals surface area contributed by atoms with Gasteiger partial charge in [-0.3, -0.25) is 10.3 Å². The quantitative estimate of drug-likeness (QED) is 0.527. The Bertz CT molecular complexity index is 442. The minimum Gasteiger partial charge on any atom is -0.357 e. The Labute approximate surface area is 116 Å². The van der Waals surface area contributed by atoms with E-state index in [4.69, 9.17) is 10.6 Å². The zero-order valence-electron chi connectivity index (χ0n) is 11.2. The molecule has 110 valence electrons. The molecule has 2 saturated heterocycles. The Hall–Kier alpha value is -1.26. The largest absolute Gasteiger partial charge is 0.357 e. The van der Waals surface area contributed by atoms with Gasteiger partial charge in [-0.05, 0) is 17.5 Å². The average Bonchev–Trinajstić information content (AvgIpc) is 3.02. The number of nitrogens with zero attached hydrogens (tertiary/aromatic N) is 4. The van der Waals surface area contributed by atoms with Crippen molar-refractivity contribution >= 4 is 12.2 Å². The minimum atomic E-state index is -0.266. The van der Waals surface area contributed by atoms with Gasteiger partial charge in [0.1, 0.15) is 24.8 Å². The van der Waals surface area contributed by atoms with E-state index in [-0.39, 0.29) is 30.4 Å². The van der Waals surface area contributed by atoms with Gasteiger partial charge in [0.25, 0.3) is 0 Å². The van der Waals surface area contributed by atoms with Crippen LogP contribution in [0.2, 0.25) is 0 Å². The van der Waals surface area contributed by atoms with Crippen LogP contribution in [0.15, 0.2) is 15.2 Å². The second-order valence-electron chi connectivity index (χ2n) is 5.31. The van der Waals surface area contributed by atoms with Crippen LogP contribution < -0.4 is 11.2 Å². The number of nitroso groups, excluding NO2 is 1. The third-order valence-electron chi connectivity index (χ3n) is 3.98. The molecule has 0 aliphatic carbocycles. The van der Waals surface area contributed by atoms with Gasteiger partial charge in [0.05, 0.1) is 19.4 Å². The number of fused-ring (bicyclic) bond motifs is 1. The molecule has 0 aromatic heterocycles. The van der Waals surface area contributed by atoms with E-state index >= 15 is 0 Å². The molecular formula is C11H18N6O3. The first-order valence-corrected chi connectivity index (χ1v) is 6.63. The molecule has 5 atom stereocenters. The van der Waals surface area contributed by atoms with E-state index in [0.717, 1.165) is 6.42 Å². The number of amidine groups is 1. The second kappa shape index (κ2) is 5.62. The van der Waals surface area contributed by atoms with Crippen molar-refractivity contribution in [2.75, 3.05) is 13.3 Å². The van der Waals surface area contributed by atoms with Crippen LogP contribution in [0.25, 0.3) is 0 Å². The van der Waals surface area contributed by atoms with E-state index in [0.29, 0.717) is 19.2 Å². The Morgan fingerprint density at radius 3 is 3.30 bits per heavy atom. The van der Waals surface area contributed by atoms with Gasteiger partial charge in [-0.2, -0.15) is 0 Å². The lowest BCUT2D eigenvalue weighted by Gasteiger charge is -2.31. The number of nitrogens with two attached hydrogens (primary N) is 1. The zero-order chi connectivity index (χ0) is 14.1. The van der Waals surface area contributed by atoms with Crippen molar-refractivity contribution in [1.82, 2.24) is 10.2 Å². The first kappa shape index (κ1) is 13.7. The van der Waals surface area contributed by atoms with Gasteiger partial charge in [0.2, 0.25) is 0 Å². The molecule has 0 aromatic carbocycles. The monoisotopic (exact) mass is 282 g/mol. The maximum atomic E-state index is 10.8. The topological polar surface area (TPSA) is 114 Å². The number of ether oxygens (including phenoxy) is 1. The summed E-state index contributed by atoms with van der Waals surface area (Å²) < 4.78 is 5.97. The van der Waals surface area contributed by atoms with Crippen LogP contribution in [0.5, 0.6) is 0 Å². The summed E-state index contributed by atoms with van der Waals surface area (Å²) in [5, 5.41) is 6.16. The van der Waals surface area contributed by atoms with Gasteiger partial charge in [-0.25, -0.2) is 15.8 Å². The second-order valence-corrected chi connectivity index (χ2v) is 5.31. The van der Waals surface area contributed by atoms with E-state index in [9.17, 15) is 4.91 Å². The van der Waals surface area contributed by atoms with E-state index in [2.05, 4.69) is 37.1 Å². The van der Waals surface area contributed by atoms with Crippen LogP contribution in [0.3, 0.4) is 0 Å². The fourth-order valence-electron chi connectivity index (χ4n) is 3.09. The highest BCUT2D eigenvalue weighted by Gasteiger charge is 2.46. The Kier molecular flexibility index (Phi) is 3.85.